The summed E-state index contributed by atoms with van der Waals surface area (Å²) in [5.41, 5.74) is 1.37. The van der Waals surface area contributed by atoms with Gasteiger partial charge in [0.05, 0.1) is 11.3 Å². The first kappa shape index (κ1) is 19.6. The first-order valence-electron chi connectivity index (χ1n) is 9.57. The van der Waals surface area contributed by atoms with Gasteiger partial charge >= 0.3 is 0 Å². The van der Waals surface area contributed by atoms with Crippen LogP contribution in [0.2, 0.25) is 0 Å². The fourth-order valence-corrected chi connectivity index (χ4v) is 3.66. The summed E-state index contributed by atoms with van der Waals surface area (Å²) in [6, 6.07) is 10.8. The number of nitrogens with one attached hydrogen (secondary N) is 1. The lowest BCUT2D eigenvalue weighted by Crippen LogP contribution is -2.31. The second kappa shape index (κ2) is 8.32. The van der Waals surface area contributed by atoms with E-state index in [9.17, 15) is 19.3 Å². The SMILES string of the molecule is O=C(NCC1CCN(c2ccc(F)cc2)C1)c1ccc(-n2ccnc2)c([N+](=O)[O-])c1. The minimum absolute atomic E-state index is 0.163. The maximum atomic E-state index is 13.1. The molecule has 1 N–H and O–H groups in total. The highest BCUT2D eigenvalue weighted by atomic mass is 19.1. The van der Waals surface area contributed by atoms with E-state index in [0.717, 1.165) is 25.2 Å². The summed E-state index contributed by atoms with van der Waals surface area (Å²) in [6.07, 6.45) is 5.50. The zero-order chi connectivity index (χ0) is 21.1. The van der Waals surface area contributed by atoms with E-state index in [-0.39, 0.29) is 28.9 Å². The third kappa shape index (κ3) is 4.14. The number of carbonyl (C=O) groups is 1. The van der Waals surface area contributed by atoms with Crippen LogP contribution in [0.1, 0.15) is 16.8 Å². The number of rotatable bonds is 6. The first-order valence-corrected chi connectivity index (χ1v) is 9.57. The Morgan fingerprint density at radius 3 is 2.77 bits per heavy atom. The first-order chi connectivity index (χ1) is 14.5. The van der Waals surface area contributed by atoms with Gasteiger partial charge < -0.3 is 14.8 Å². The van der Waals surface area contributed by atoms with Crippen molar-refractivity contribution in [3.63, 3.8) is 0 Å². The number of carbonyl (C=O) groups excluding carboxylic acids is 1. The van der Waals surface area contributed by atoms with Crippen molar-refractivity contribution >= 4 is 17.3 Å². The van der Waals surface area contributed by atoms with E-state index in [1.54, 1.807) is 30.5 Å². The molecule has 0 bridgehead atoms. The second-order valence-electron chi connectivity index (χ2n) is 7.22. The number of hydrogen-bond acceptors (Lipinski definition) is 5. The van der Waals surface area contributed by atoms with Crippen molar-refractivity contribution in [2.75, 3.05) is 24.5 Å². The Balaban J connectivity index is 1.39. The van der Waals surface area contributed by atoms with Crippen molar-refractivity contribution in [3.05, 3.63) is 82.7 Å². The van der Waals surface area contributed by atoms with Crippen LogP contribution in [0.5, 0.6) is 0 Å². The summed E-state index contributed by atoms with van der Waals surface area (Å²) >= 11 is 0. The minimum Gasteiger partial charge on any atom is -0.371 e. The standard InChI is InChI=1S/C21H20FN5O3/c22-17-2-4-18(5-3-17)25-9-7-15(13-25)12-24-21(28)16-1-6-19(20(11-16)27(29)30)26-10-8-23-14-26/h1-6,8,10-11,14-15H,7,9,12-13H2,(H,24,28). The number of benzene rings is 2. The van der Waals surface area contributed by atoms with E-state index in [0.29, 0.717) is 12.2 Å². The third-order valence-electron chi connectivity index (χ3n) is 5.25. The van der Waals surface area contributed by atoms with Gasteiger partial charge in [0, 0.05) is 49.3 Å². The number of hydrogen-bond donors (Lipinski definition) is 1. The molecule has 1 aliphatic rings. The molecule has 154 valence electrons. The van der Waals surface area contributed by atoms with Crippen molar-refractivity contribution in [3.8, 4) is 5.69 Å². The average Bonchev–Trinajstić information content (AvgIpc) is 3.44. The molecule has 1 amide bonds. The van der Waals surface area contributed by atoms with E-state index in [1.807, 2.05) is 0 Å². The number of nitro groups is 1. The Bertz CT molecular complexity index is 1050. The van der Waals surface area contributed by atoms with Crippen LogP contribution in [-0.4, -0.2) is 40.0 Å². The fourth-order valence-electron chi connectivity index (χ4n) is 3.66. The van der Waals surface area contributed by atoms with Crippen molar-refractivity contribution in [1.29, 1.82) is 0 Å². The van der Waals surface area contributed by atoms with Gasteiger partial charge in [0.1, 0.15) is 11.5 Å². The summed E-state index contributed by atoms with van der Waals surface area (Å²) < 4.78 is 14.6. The molecule has 1 unspecified atom stereocenters. The van der Waals surface area contributed by atoms with Gasteiger partial charge in [-0.05, 0) is 48.7 Å². The van der Waals surface area contributed by atoms with Crippen LogP contribution in [0, 0.1) is 21.8 Å². The molecule has 0 radical (unpaired) electrons. The highest BCUT2D eigenvalue weighted by Crippen LogP contribution is 2.25. The lowest BCUT2D eigenvalue weighted by molar-refractivity contribution is -0.384. The molecule has 8 nitrogen and oxygen atoms in total. The van der Waals surface area contributed by atoms with Gasteiger partial charge in [0.2, 0.25) is 0 Å². The molecule has 30 heavy (non-hydrogen) atoms. The minimum atomic E-state index is -0.510. The van der Waals surface area contributed by atoms with Crippen LogP contribution in [0.25, 0.3) is 5.69 Å². The van der Waals surface area contributed by atoms with Gasteiger partial charge in [0.15, 0.2) is 0 Å². The number of anilines is 1. The van der Waals surface area contributed by atoms with Crippen LogP contribution in [0.3, 0.4) is 0 Å². The van der Waals surface area contributed by atoms with Crippen LogP contribution in [-0.2, 0) is 0 Å². The summed E-state index contributed by atoms with van der Waals surface area (Å²) in [4.78, 5) is 29.6. The molecule has 2 heterocycles. The maximum Gasteiger partial charge on any atom is 0.294 e. The van der Waals surface area contributed by atoms with E-state index in [1.165, 1.54) is 35.3 Å². The molecule has 2 aromatic carbocycles. The van der Waals surface area contributed by atoms with Crippen molar-refractivity contribution in [2.24, 2.45) is 5.92 Å². The molecule has 1 fully saturated rings. The Hall–Kier alpha value is -3.75. The molecular weight excluding hydrogens is 389 g/mol. The van der Waals surface area contributed by atoms with Crippen molar-refractivity contribution in [2.45, 2.75) is 6.42 Å². The van der Waals surface area contributed by atoms with Crippen LogP contribution >= 0.6 is 0 Å². The van der Waals surface area contributed by atoms with Gasteiger partial charge in [-0.1, -0.05) is 0 Å². The number of nitrogens with zero attached hydrogens (tertiary/aromatic N) is 4. The van der Waals surface area contributed by atoms with Crippen molar-refractivity contribution < 1.29 is 14.1 Å². The largest absolute Gasteiger partial charge is 0.371 e. The van der Waals surface area contributed by atoms with E-state index < -0.39 is 4.92 Å². The number of aromatic nitrogens is 2. The molecule has 9 heteroatoms. The van der Waals surface area contributed by atoms with Gasteiger partial charge in [-0.3, -0.25) is 14.9 Å². The second-order valence-corrected chi connectivity index (χ2v) is 7.22. The Morgan fingerprint density at radius 1 is 1.27 bits per heavy atom. The zero-order valence-corrected chi connectivity index (χ0v) is 16.1. The molecular formula is C21H20FN5O3. The molecule has 0 saturated carbocycles. The monoisotopic (exact) mass is 409 g/mol. The lowest BCUT2D eigenvalue weighted by atomic mass is 10.1. The Morgan fingerprint density at radius 2 is 2.07 bits per heavy atom. The van der Waals surface area contributed by atoms with E-state index in [4.69, 9.17) is 0 Å². The van der Waals surface area contributed by atoms with Gasteiger partial charge in [-0.25, -0.2) is 9.37 Å². The highest BCUT2D eigenvalue weighted by Gasteiger charge is 2.24. The molecule has 0 aliphatic carbocycles. The van der Waals surface area contributed by atoms with Crippen LogP contribution < -0.4 is 10.2 Å². The van der Waals surface area contributed by atoms with Crippen LogP contribution in [0.4, 0.5) is 15.8 Å². The smallest absolute Gasteiger partial charge is 0.294 e. The molecule has 1 aliphatic heterocycles. The van der Waals surface area contributed by atoms with Gasteiger partial charge in [-0.15, -0.1) is 0 Å². The molecule has 4 rings (SSSR count). The average molecular weight is 409 g/mol. The number of nitro benzene ring substituents is 1. The van der Waals surface area contributed by atoms with Crippen LogP contribution in [0.15, 0.2) is 61.2 Å². The number of imidazole rings is 1. The summed E-state index contributed by atoms with van der Waals surface area (Å²) in [6.45, 7) is 2.05. The maximum absolute atomic E-state index is 13.1. The predicted molar refractivity (Wildman–Crippen MR) is 109 cm³/mol. The molecule has 3 aromatic rings. The quantitative estimate of drug-likeness (QED) is 0.499. The molecule has 1 atom stereocenters. The summed E-state index contributed by atoms with van der Waals surface area (Å²) in [7, 11) is 0. The third-order valence-corrected chi connectivity index (χ3v) is 5.25. The number of amides is 1. The molecule has 1 saturated heterocycles. The number of halogens is 1. The Kier molecular flexibility index (Phi) is 5.42. The Labute approximate surface area is 172 Å². The van der Waals surface area contributed by atoms with Gasteiger partial charge in [-0.2, -0.15) is 0 Å². The summed E-state index contributed by atoms with van der Waals surface area (Å²) in [5, 5.41) is 14.3. The fraction of sp³-hybridized carbons (Fsp3) is 0.238. The summed E-state index contributed by atoms with van der Waals surface area (Å²) in [5.74, 6) is -0.371. The van der Waals surface area contributed by atoms with Gasteiger partial charge in [0.25, 0.3) is 11.6 Å². The predicted octanol–water partition coefficient (Wildman–Crippen LogP) is 3.18. The topological polar surface area (TPSA) is 93.3 Å². The molecule has 1 aromatic heterocycles. The zero-order valence-electron chi connectivity index (χ0n) is 16.1. The normalized spacial score (nSPS) is 15.9. The van der Waals surface area contributed by atoms with Crippen molar-refractivity contribution in [1.82, 2.24) is 14.9 Å². The lowest BCUT2D eigenvalue weighted by Gasteiger charge is -2.19. The van der Waals surface area contributed by atoms with E-state index >= 15 is 0 Å². The highest BCUT2D eigenvalue weighted by molar-refractivity contribution is 5.95. The van der Waals surface area contributed by atoms with E-state index in [2.05, 4.69) is 15.2 Å². The molecule has 0 spiro atoms.